The summed E-state index contributed by atoms with van der Waals surface area (Å²) in [5.74, 6) is 0. The van der Waals surface area contributed by atoms with Gasteiger partial charge in [0, 0.05) is 5.02 Å². The maximum absolute atomic E-state index is 12.0. The van der Waals surface area contributed by atoms with Crippen LogP contribution < -0.4 is 10.8 Å². The average Bonchev–Trinajstić information content (AvgIpc) is 2.65. The van der Waals surface area contributed by atoms with Crippen molar-refractivity contribution in [3.8, 4) is 0 Å². The molecule has 1 saturated heterocycles. The molecule has 1 atom stereocenters. The van der Waals surface area contributed by atoms with E-state index in [-0.39, 0.29) is 6.04 Å². The summed E-state index contributed by atoms with van der Waals surface area (Å²) in [6.45, 7) is 15.4. The van der Waals surface area contributed by atoms with E-state index in [0.29, 0.717) is 5.02 Å². The number of alkyl carbamates (subject to hydrolysis) is 1. The third-order valence-corrected chi connectivity index (χ3v) is 5.09. The molecule has 0 saturated carbocycles. The van der Waals surface area contributed by atoms with E-state index in [9.17, 15) is 4.79 Å². The first-order valence-electron chi connectivity index (χ1n) is 8.86. The van der Waals surface area contributed by atoms with Crippen LogP contribution >= 0.6 is 11.6 Å². The second kappa shape index (κ2) is 7.06. The lowest BCUT2D eigenvalue weighted by atomic mass is 9.78. The van der Waals surface area contributed by atoms with Crippen LogP contribution in [0, 0.1) is 0 Å². The molecular weight excluding hydrogens is 352 g/mol. The van der Waals surface area contributed by atoms with E-state index in [1.807, 2.05) is 67.5 Å². The number of hydrogen-bond donors (Lipinski definition) is 1. The predicted molar refractivity (Wildman–Crippen MR) is 105 cm³/mol. The highest BCUT2D eigenvalue weighted by atomic mass is 35.5. The Morgan fingerprint density at radius 2 is 1.73 bits per heavy atom. The van der Waals surface area contributed by atoms with Gasteiger partial charge in [0.25, 0.3) is 0 Å². The molecule has 0 aromatic heterocycles. The van der Waals surface area contributed by atoms with Crippen molar-refractivity contribution in [2.75, 3.05) is 0 Å². The van der Waals surface area contributed by atoms with E-state index in [0.717, 1.165) is 11.0 Å². The Hall–Kier alpha value is -1.24. The fourth-order valence-corrected chi connectivity index (χ4v) is 2.86. The molecule has 1 N–H and O–H groups in total. The van der Waals surface area contributed by atoms with Gasteiger partial charge in [0.1, 0.15) is 5.60 Å². The van der Waals surface area contributed by atoms with Crippen LogP contribution in [-0.4, -0.2) is 30.0 Å². The molecule has 144 valence electrons. The van der Waals surface area contributed by atoms with Crippen LogP contribution in [0.4, 0.5) is 4.79 Å². The molecule has 0 spiro atoms. The highest BCUT2D eigenvalue weighted by molar-refractivity contribution is 6.62. The van der Waals surface area contributed by atoms with Gasteiger partial charge in [-0.15, -0.1) is 0 Å². The summed E-state index contributed by atoms with van der Waals surface area (Å²) in [5.41, 5.74) is 0.249. The van der Waals surface area contributed by atoms with Gasteiger partial charge in [-0.1, -0.05) is 23.7 Å². The van der Waals surface area contributed by atoms with Crippen molar-refractivity contribution in [2.45, 2.75) is 78.2 Å². The molecular formula is C19H29BClNO4. The number of carbonyl (C=O) groups is 1. The van der Waals surface area contributed by atoms with Crippen LogP contribution in [0.5, 0.6) is 0 Å². The fourth-order valence-electron chi connectivity index (χ4n) is 2.58. The van der Waals surface area contributed by atoms with Crippen LogP contribution in [0.25, 0.3) is 0 Å². The van der Waals surface area contributed by atoms with Crippen LogP contribution in [-0.2, 0) is 14.0 Å². The van der Waals surface area contributed by atoms with E-state index in [4.69, 9.17) is 25.6 Å². The molecule has 1 aliphatic heterocycles. The lowest BCUT2D eigenvalue weighted by molar-refractivity contribution is 0.00578. The maximum atomic E-state index is 12.0. The molecule has 1 aromatic carbocycles. The topological polar surface area (TPSA) is 56.8 Å². The monoisotopic (exact) mass is 381 g/mol. The minimum atomic E-state index is -0.557. The molecule has 1 aliphatic rings. The number of hydrogen-bond acceptors (Lipinski definition) is 4. The van der Waals surface area contributed by atoms with Gasteiger partial charge in [0.2, 0.25) is 0 Å². The molecule has 5 nitrogen and oxygen atoms in total. The second-order valence-electron chi connectivity index (χ2n) is 8.74. The van der Waals surface area contributed by atoms with E-state index in [1.54, 1.807) is 6.07 Å². The minimum Gasteiger partial charge on any atom is -0.444 e. The Bertz CT molecular complexity index is 669. The summed E-state index contributed by atoms with van der Waals surface area (Å²) >= 11 is 6.35. The molecule has 1 fully saturated rings. The van der Waals surface area contributed by atoms with Crippen LogP contribution in [0.1, 0.15) is 67.0 Å². The summed E-state index contributed by atoms with van der Waals surface area (Å²) in [7, 11) is -0.482. The summed E-state index contributed by atoms with van der Waals surface area (Å²) in [6, 6.07) is 5.27. The Balaban J connectivity index is 2.19. The molecule has 2 rings (SSSR count). The van der Waals surface area contributed by atoms with Crippen LogP contribution in [0.3, 0.4) is 0 Å². The molecule has 26 heavy (non-hydrogen) atoms. The molecule has 1 unspecified atom stereocenters. The molecule has 1 aromatic rings. The van der Waals surface area contributed by atoms with E-state index >= 15 is 0 Å². The molecule has 0 bridgehead atoms. The number of benzene rings is 1. The standard InChI is InChI=1S/C19H29BClNO4/c1-12(22-16(23)24-17(2,3)4)14-11-13(9-10-15(14)21)20-25-18(5,6)19(7,8)26-20/h9-12H,1-8H3,(H,22,23). The van der Waals surface area contributed by atoms with Crippen molar-refractivity contribution in [1.29, 1.82) is 0 Å². The quantitative estimate of drug-likeness (QED) is 0.796. The van der Waals surface area contributed by atoms with Crippen molar-refractivity contribution in [3.63, 3.8) is 0 Å². The second-order valence-corrected chi connectivity index (χ2v) is 9.14. The Labute approximate surface area is 161 Å². The van der Waals surface area contributed by atoms with Gasteiger partial charge in [-0.2, -0.15) is 0 Å². The van der Waals surface area contributed by atoms with Crippen LogP contribution in [0.15, 0.2) is 18.2 Å². The van der Waals surface area contributed by atoms with Gasteiger partial charge in [0.05, 0.1) is 17.2 Å². The number of ether oxygens (including phenoxy) is 1. The highest BCUT2D eigenvalue weighted by Gasteiger charge is 2.51. The fraction of sp³-hybridized carbons (Fsp3) is 0.632. The van der Waals surface area contributed by atoms with Gasteiger partial charge in [0.15, 0.2) is 0 Å². The van der Waals surface area contributed by atoms with Crippen molar-refractivity contribution < 1.29 is 18.8 Å². The highest BCUT2D eigenvalue weighted by Crippen LogP contribution is 2.36. The Morgan fingerprint density at radius 1 is 1.19 bits per heavy atom. The molecule has 7 heteroatoms. The van der Waals surface area contributed by atoms with Crippen molar-refractivity contribution in [3.05, 3.63) is 28.8 Å². The van der Waals surface area contributed by atoms with E-state index in [1.165, 1.54) is 0 Å². The lowest BCUT2D eigenvalue weighted by Crippen LogP contribution is -2.41. The number of amides is 1. The largest absolute Gasteiger partial charge is 0.494 e. The van der Waals surface area contributed by atoms with Gasteiger partial charge < -0.3 is 19.4 Å². The zero-order chi connectivity index (χ0) is 19.9. The predicted octanol–water partition coefficient (Wildman–Crippen LogP) is 4.22. The Kier molecular flexibility index (Phi) is 5.72. The van der Waals surface area contributed by atoms with E-state index < -0.39 is 30.0 Å². The first kappa shape index (κ1) is 21.1. The third kappa shape index (κ3) is 4.73. The molecule has 1 amide bonds. The third-order valence-electron chi connectivity index (χ3n) is 4.75. The normalized spacial score (nSPS) is 20.0. The molecule has 0 radical (unpaired) electrons. The van der Waals surface area contributed by atoms with Crippen molar-refractivity contribution in [2.24, 2.45) is 0 Å². The van der Waals surface area contributed by atoms with E-state index in [2.05, 4.69) is 5.32 Å². The number of nitrogens with one attached hydrogen (secondary N) is 1. The van der Waals surface area contributed by atoms with Crippen molar-refractivity contribution in [1.82, 2.24) is 5.32 Å². The smallest absolute Gasteiger partial charge is 0.444 e. The van der Waals surface area contributed by atoms with Gasteiger partial charge in [-0.25, -0.2) is 4.79 Å². The van der Waals surface area contributed by atoms with Gasteiger partial charge >= 0.3 is 13.2 Å². The molecule has 0 aliphatic carbocycles. The van der Waals surface area contributed by atoms with Crippen molar-refractivity contribution >= 4 is 30.3 Å². The summed E-state index contributed by atoms with van der Waals surface area (Å²) in [5, 5.41) is 3.38. The zero-order valence-corrected chi connectivity index (χ0v) is 17.7. The summed E-state index contributed by atoms with van der Waals surface area (Å²) in [4.78, 5) is 12.0. The summed E-state index contributed by atoms with van der Waals surface area (Å²) in [6.07, 6.45) is -0.484. The average molecular weight is 382 g/mol. The first-order chi connectivity index (χ1) is 11.7. The number of rotatable bonds is 3. The number of halogens is 1. The van der Waals surface area contributed by atoms with Gasteiger partial charge in [-0.05, 0) is 72.5 Å². The lowest BCUT2D eigenvalue weighted by Gasteiger charge is -2.32. The summed E-state index contributed by atoms with van der Waals surface area (Å²) < 4.78 is 17.5. The SMILES string of the molecule is CC(NC(=O)OC(C)(C)C)c1cc(B2OC(C)(C)C(C)(C)O2)ccc1Cl. The first-order valence-corrected chi connectivity index (χ1v) is 9.24. The van der Waals surface area contributed by atoms with Crippen LogP contribution in [0.2, 0.25) is 5.02 Å². The molecule has 1 heterocycles. The Morgan fingerprint density at radius 3 is 2.23 bits per heavy atom. The number of carbonyl (C=O) groups excluding carboxylic acids is 1. The van der Waals surface area contributed by atoms with Gasteiger partial charge in [-0.3, -0.25) is 0 Å². The maximum Gasteiger partial charge on any atom is 0.494 e. The zero-order valence-electron chi connectivity index (χ0n) is 16.9. The minimum absolute atomic E-state index is 0.320.